The first-order chi connectivity index (χ1) is 10.2. The van der Waals surface area contributed by atoms with Gasteiger partial charge in [-0.15, -0.1) is 11.3 Å². The van der Waals surface area contributed by atoms with Crippen molar-refractivity contribution in [1.82, 2.24) is 10.3 Å². The first kappa shape index (κ1) is 14.2. The Balaban J connectivity index is 1.62. The topological polar surface area (TPSA) is 68.0 Å². The summed E-state index contributed by atoms with van der Waals surface area (Å²) in [6.45, 7) is 2.98. The van der Waals surface area contributed by atoms with E-state index in [1.165, 1.54) is 24.2 Å². The van der Waals surface area contributed by atoms with Gasteiger partial charge in [0.05, 0.1) is 10.7 Å². The molecule has 1 saturated carbocycles. The lowest BCUT2D eigenvalue weighted by Gasteiger charge is -2.05. The summed E-state index contributed by atoms with van der Waals surface area (Å²) in [5, 5.41) is 4.08. The van der Waals surface area contributed by atoms with E-state index in [1.807, 2.05) is 31.2 Å². The van der Waals surface area contributed by atoms with Crippen molar-refractivity contribution in [2.45, 2.75) is 38.8 Å². The maximum absolute atomic E-state index is 12.3. The van der Waals surface area contributed by atoms with Gasteiger partial charge in [-0.2, -0.15) is 0 Å². The van der Waals surface area contributed by atoms with Crippen LogP contribution in [0.5, 0.6) is 0 Å². The fourth-order valence-electron chi connectivity index (χ4n) is 2.19. The van der Waals surface area contributed by atoms with Crippen LogP contribution in [0, 0.1) is 6.92 Å². The van der Waals surface area contributed by atoms with Crippen LogP contribution in [0.4, 0.5) is 0 Å². The summed E-state index contributed by atoms with van der Waals surface area (Å²) in [7, 11) is 0. The fourth-order valence-corrected chi connectivity index (χ4v) is 3.34. The molecular formula is C16H19N3OS. The quantitative estimate of drug-likeness (QED) is 0.892. The lowest BCUT2D eigenvalue weighted by Crippen LogP contribution is -2.22. The fraction of sp³-hybridized carbons (Fsp3) is 0.375. The Hall–Kier alpha value is -1.72. The predicted octanol–water partition coefficient (Wildman–Crippen LogP) is 2.72. The molecule has 0 atom stereocenters. The molecule has 0 radical (unpaired) electrons. The van der Waals surface area contributed by atoms with E-state index in [9.17, 15) is 4.79 Å². The number of nitrogens with one attached hydrogen (secondary N) is 1. The van der Waals surface area contributed by atoms with E-state index in [0.29, 0.717) is 19.0 Å². The van der Waals surface area contributed by atoms with Crippen molar-refractivity contribution in [3.8, 4) is 0 Å². The molecule has 0 saturated heterocycles. The largest absolute Gasteiger partial charge is 0.347 e. The van der Waals surface area contributed by atoms with E-state index in [1.54, 1.807) is 0 Å². The van der Waals surface area contributed by atoms with Gasteiger partial charge in [0.1, 0.15) is 4.88 Å². The van der Waals surface area contributed by atoms with Crippen LogP contribution >= 0.6 is 11.3 Å². The zero-order valence-corrected chi connectivity index (χ0v) is 12.9. The number of hydrogen-bond acceptors (Lipinski definition) is 4. The minimum atomic E-state index is -0.0280. The number of nitrogens with two attached hydrogens (primary N) is 1. The van der Waals surface area contributed by atoms with Crippen molar-refractivity contribution >= 4 is 17.2 Å². The van der Waals surface area contributed by atoms with Crippen molar-refractivity contribution < 1.29 is 4.79 Å². The number of benzene rings is 1. The Bertz CT molecular complexity index is 644. The Morgan fingerprint density at radius 2 is 2.00 bits per heavy atom. The third-order valence-electron chi connectivity index (χ3n) is 3.66. The number of amides is 1. The highest BCUT2D eigenvalue weighted by Crippen LogP contribution is 2.42. The van der Waals surface area contributed by atoms with E-state index >= 15 is 0 Å². The highest BCUT2D eigenvalue weighted by Gasteiger charge is 2.28. The Morgan fingerprint density at radius 1 is 1.33 bits per heavy atom. The zero-order valence-electron chi connectivity index (χ0n) is 12.1. The number of carbonyl (C=O) groups excluding carboxylic acids is 1. The SMILES string of the molecule is Cc1nc(C2CC2)sc1C(=O)NCc1ccc(CN)cc1. The summed E-state index contributed by atoms with van der Waals surface area (Å²) in [4.78, 5) is 17.5. The highest BCUT2D eigenvalue weighted by molar-refractivity contribution is 7.13. The molecule has 0 spiro atoms. The van der Waals surface area contributed by atoms with E-state index in [0.717, 1.165) is 26.7 Å². The molecule has 2 aromatic rings. The number of nitrogens with zero attached hydrogens (tertiary/aromatic N) is 1. The molecule has 5 heteroatoms. The Kier molecular flexibility index (Phi) is 4.03. The lowest BCUT2D eigenvalue weighted by molar-refractivity contribution is 0.0954. The Labute approximate surface area is 128 Å². The van der Waals surface area contributed by atoms with Gasteiger partial charge < -0.3 is 11.1 Å². The van der Waals surface area contributed by atoms with Crippen LogP contribution in [-0.4, -0.2) is 10.9 Å². The van der Waals surface area contributed by atoms with E-state index in [4.69, 9.17) is 5.73 Å². The smallest absolute Gasteiger partial charge is 0.263 e. The van der Waals surface area contributed by atoms with Crippen LogP contribution in [-0.2, 0) is 13.1 Å². The maximum atomic E-state index is 12.3. The predicted molar refractivity (Wildman–Crippen MR) is 84.3 cm³/mol. The molecule has 0 unspecified atom stereocenters. The van der Waals surface area contributed by atoms with Crippen molar-refractivity contribution in [1.29, 1.82) is 0 Å². The molecule has 4 nitrogen and oxygen atoms in total. The minimum absolute atomic E-state index is 0.0280. The summed E-state index contributed by atoms with van der Waals surface area (Å²) < 4.78 is 0. The number of carbonyl (C=O) groups is 1. The first-order valence-electron chi connectivity index (χ1n) is 7.21. The van der Waals surface area contributed by atoms with Gasteiger partial charge in [0, 0.05) is 19.0 Å². The summed E-state index contributed by atoms with van der Waals surface area (Å²) in [5.41, 5.74) is 8.59. The van der Waals surface area contributed by atoms with Crippen molar-refractivity contribution in [2.75, 3.05) is 0 Å². The maximum Gasteiger partial charge on any atom is 0.263 e. The molecule has 1 aliphatic carbocycles. The van der Waals surface area contributed by atoms with Crippen molar-refractivity contribution in [3.63, 3.8) is 0 Å². The molecule has 1 fully saturated rings. The number of aromatic nitrogens is 1. The molecular weight excluding hydrogens is 282 g/mol. The summed E-state index contributed by atoms with van der Waals surface area (Å²) in [6.07, 6.45) is 2.42. The van der Waals surface area contributed by atoms with Gasteiger partial charge in [0.15, 0.2) is 0 Å². The lowest BCUT2D eigenvalue weighted by atomic mass is 10.1. The molecule has 1 heterocycles. The standard InChI is InChI=1S/C16H19N3OS/c1-10-14(21-16(19-10)13-6-7-13)15(20)18-9-12-4-2-11(8-17)3-5-12/h2-5,13H,6-9,17H2,1H3,(H,18,20). The number of aryl methyl sites for hydroxylation is 1. The summed E-state index contributed by atoms with van der Waals surface area (Å²) >= 11 is 1.54. The molecule has 3 rings (SSSR count). The molecule has 110 valence electrons. The number of hydrogen-bond donors (Lipinski definition) is 2. The molecule has 0 aliphatic heterocycles. The average molecular weight is 301 g/mol. The second-order valence-electron chi connectivity index (χ2n) is 5.44. The molecule has 21 heavy (non-hydrogen) atoms. The summed E-state index contributed by atoms with van der Waals surface area (Å²) in [6, 6.07) is 7.98. The third-order valence-corrected chi connectivity index (χ3v) is 4.98. The molecule has 0 bridgehead atoms. The molecule has 1 aromatic heterocycles. The highest BCUT2D eigenvalue weighted by atomic mass is 32.1. The zero-order chi connectivity index (χ0) is 14.8. The molecule has 1 amide bonds. The third kappa shape index (κ3) is 3.31. The van der Waals surface area contributed by atoms with Gasteiger partial charge in [-0.25, -0.2) is 4.98 Å². The second-order valence-corrected chi connectivity index (χ2v) is 6.47. The normalized spacial score (nSPS) is 14.2. The van der Waals surface area contributed by atoms with Gasteiger partial charge in [-0.05, 0) is 30.9 Å². The first-order valence-corrected chi connectivity index (χ1v) is 8.02. The van der Waals surface area contributed by atoms with E-state index < -0.39 is 0 Å². The Morgan fingerprint density at radius 3 is 2.62 bits per heavy atom. The van der Waals surface area contributed by atoms with Gasteiger partial charge in [0.25, 0.3) is 5.91 Å². The number of thiazole rings is 1. The monoisotopic (exact) mass is 301 g/mol. The van der Waals surface area contributed by atoms with Crippen molar-refractivity contribution in [3.05, 3.63) is 51.0 Å². The minimum Gasteiger partial charge on any atom is -0.347 e. The van der Waals surface area contributed by atoms with Gasteiger partial charge >= 0.3 is 0 Å². The van der Waals surface area contributed by atoms with Crippen LogP contribution in [0.1, 0.15) is 50.3 Å². The van der Waals surface area contributed by atoms with Gasteiger partial charge in [0.2, 0.25) is 0 Å². The van der Waals surface area contributed by atoms with Crippen molar-refractivity contribution in [2.24, 2.45) is 5.73 Å². The average Bonchev–Trinajstić information content (AvgIpc) is 3.28. The van der Waals surface area contributed by atoms with Gasteiger partial charge in [-0.3, -0.25) is 4.79 Å². The van der Waals surface area contributed by atoms with Crippen LogP contribution in [0.15, 0.2) is 24.3 Å². The van der Waals surface area contributed by atoms with Crippen LogP contribution in [0.25, 0.3) is 0 Å². The van der Waals surface area contributed by atoms with Crippen LogP contribution in [0.3, 0.4) is 0 Å². The van der Waals surface area contributed by atoms with Gasteiger partial charge in [-0.1, -0.05) is 24.3 Å². The second kappa shape index (κ2) is 5.95. The molecule has 1 aliphatic rings. The van der Waals surface area contributed by atoms with E-state index in [-0.39, 0.29) is 5.91 Å². The van der Waals surface area contributed by atoms with E-state index in [2.05, 4.69) is 10.3 Å². The number of rotatable bonds is 5. The van der Waals surface area contributed by atoms with Crippen LogP contribution < -0.4 is 11.1 Å². The molecule has 3 N–H and O–H groups in total. The van der Waals surface area contributed by atoms with Crippen LogP contribution in [0.2, 0.25) is 0 Å². The molecule has 1 aromatic carbocycles. The summed E-state index contributed by atoms with van der Waals surface area (Å²) in [5.74, 6) is 0.568.